The van der Waals surface area contributed by atoms with Gasteiger partial charge in [0, 0.05) is 5.25 Å². The minimum atomic E-state index is 0.631. The lowest BCUT2D eigenvalue weighted by molar-refractivity contribution is 0.790. The summed E-state index contributed by atoms with van der Waals surface area (Å²) >= 11 is 0. The maximum atomic E-state index is 5.45. The average Bonchev–Trinajstić information content (AvgIpc) is 1.68. The van der Waals surface area contributed by atoms with E-state index in [1.165, 1.54) is 23.8 Å². The molecule has 1 atom stereocenters. The highest BCUT2D eigenvalue weighted by molar-refractivity contribution is 8.21. The van der Waals surface area contributed by atoms with Crippen LogP contribution in [0.25, 0.3) is 0 Å². The Morgan fingerprint density at radius 3 is 2.43 bits per heavy atom. The lowest BCUT2D eigenvalue weighted by atomic mass is 10.3. The van der Waals surface area contributed by atoms with Crippen molar-refractivity contribution in [3.8, 4) is 0 Å². The van der Waals surface area contributed by atoms with Crippen LogP contribution in [0, 0.1) is 0 Å². The topological polar surface area (TPSA) is 0 Å². The van der Waals surface area contributed by atoms with Gasteiger partial charge in [-0.15, -0.1) is 0 Å². The first-order valence-corrected chi connectivity index (χ1v) is 4.29. The number of rotatable bonds is 3. The van der Waals surface area contributed by atoms with Crippen molar-refractivity contribution in [3.63, 3.8) is 0 Å². The van der Waals surface area contributed by atoms with Gasteiger partial charge in [-0.2, -0.15) is 0 Å². The van der Waals surface area contributed by atoms with Crippen molar-refractivity contribution in [1.29, 1.82) is 0 Å². The fourth-order valence-corrected chi connectivity index (χ4v) is 1.04. The number of hydrogen-bond donors (Lipinski definition) is 0. The van der Waals surface area contributed by atoms with Gasteiger partial charge in [-0.25, -0.2) is 0 Å². The molecule has 0 saturated carbocycles. The molecule has 0 fully saturated rings. The molecule has 0 aromatic carbocycles. The van der Waals surface area contributed by atoms with E-state index in [1.54, 1.807) is 0 Å². The molecule has 0 aromatic rings. The molecule has 0 nitrogen and oxygen atoms in total. The lowest BCUT2D eigenvalue weighted by Crippen LogP contribution is -1.89. The lowest BCUT2D eigenvalue weighted by Gasteiger charge is -1.99. The summed E-state index contributed by atoms with van der Waals surface area (Å²) in [6.07, 6.45) is 2.47. The van der Waals surface area contributed by atoms with Crippen LogP contribution in [0.2, 0.25) is 0 Å². The van der Waals surface area contributed by atoms with E-state index in [2.05, 4.69) is 13.8 Å². The third-order valence-corrected chi connectivity index (χ3v) is 2.30. The Morgan fingerprint density at radius 1 is 1.71 bits per heavy atom. The van der Waals surface area contributed by atoms with Crippen LogP contribution in [0.5, 0.6) is 0 Å². The SMILES string of the molecule is CCCC(C)SCl. The smallest absolute Gasteiger partial charge is 0.0171 e. The summed E-state index contributed by atoms with van der Waals surface area (Å²) in [5.41, 5.74) is 0. The Morgan fingerprint density at radius 2 is 2.29 bits per heavy atom. The Hall–Kier alpha value is 0.640. The quantitative estimate of drug-likeness (QED) is 0.578. The third kappa shape index (κ3) is 4.49. The standard InChI is InChI=1S/C5H11ClS/c1-3-4-5(2)7-6/h5H,3-4H2,1-2H3. The zero-order valence-electron chi connectivity index (χ0n) is 4.78. The van der Waals surface area contributed by atoms with Crippen LogP contribution < -0.4 is 0 Å². The maximum absolute atomic E-state index is 5.45. The van der Waals surface area contributed by atoms with E-state index >= 15 is 0 Å². The molecular formula is C5H11ClS. The minimum absolute atomic E-state index is 0.631. The molecule has 1 unspecified atom stereocenters. The summed E-state index contributed by atoms with van der Waals surface area (Å²) in [5, 5.41) is 0.631. The van der Waals surface area contributed by atoms with Gasteiger partial charge < -0.3 is 0 Å². The predicted octanol–water partition coefficient (Wildman–Crippen LogP) is 3.06. The highest BCUT2D eigenvalue weighted by Gasteiger charge is 1.95. The highest BCUT2D eigenvalue weighted by Crippen LogP contribution is 2.18. The molecule has 2 heteroatoms. The molecule has 0 spiro atoms. The summed E-state index contributed by atoms with van der Waals surface area (Å²) < 4.78 is 0. The van der Waals surface area contributed by atoms with Crippen LogP contribution in [0.1, 0.15) is 26.7 Å². The van der Waals surface area contributed by atoms with Gasteiger partial charge in [0.05, 0.1) is 0 Å². The van der Waals surface area contributed by atoms with Crippen LogP contribution in [0.15, 0.2) is 0 Å². The van der Waals surface area contributed by atoms with Gasteiger partial charge in [0.1, 0.15) is 0 Å². The van der Waals surface area contributed by atoms with E-state index in [0.29, 0.717) is 5.25 Å². The monoisotopic (exact) mass is 138 g/mol. The summed E-state index contributed by atoms with van der Waals surface area (Å²) in [6.45, 7) is 4.31. The van der Waals surface area contributed by atoms with Gasteiger partial charge in [0.25, 0.3) is 0 Å². The van der Waals surface area contributed by atoms with E-state index in [-0.39, 0.29) is 0 Å². The van der Waals surface area contributed by atoms with Crippen molar-refractivity contribution in [1.82, 2.24) is 0 Å². The molecule has 7 heavy (non-hydrogen) atoms. The zero-order chi connectivity index (χ0) is 5.70. The normalized spacial score (nSPS) is 14.1. The minimum Gasteiger partial charge on any atom is -0.0653 e. The Kier molecular flexibility index (Phi) is 5.23. The molecule has 0 heterocycles. The molecule has 0 aliphatic rings. The zero-order valence-corrected chi connectivity index (χ0v) is 6.35. The van der Waals surface area contributed by atoms with Crippen LogP contribution in [-0.2, 0) is 0 Å². The summed E-state index contributed by atoms with van der Waals surface area (Å²) in [5.74, 6) is 0. The van der Waals surface area contributed by atoms with Crippen LogP contribution in [0.3, 0.4) is 0 Å². The van der Waals surface area contributed by atoms with Crippen molar-refractivity contribution in [3.05, 3.63) is 0 Å². The molecule has 0 aliphatic carbocycles. The molecule has 0 aromatic heterocycles. The van der Waals surface area contributed by atoms with Gasteiger partial charge in [0.15, 0.2) is 0 Å². The Bertz CT molecular complexity index is 39.1. The molecule has 0 bridgehead atoms. The summed E-state index contributed by atoms with van der Waals surface area (Å²) in [4.78, 5) is 0. The fourth-order valence-electron chi connectivity index (χ4n) is 0.451. The second-order valence-corrected chi connectivity index (χ2v) is 3.21. The van der Waals surface area contributed by atoms with Gasteiger partial charge in [-0.1, -0.05) is 31.2 Å². The first-order valence-electron chi connectivity index (χ1n) is 2.58. The van der Waals surface area contributed by atoms with Crippen LogP contribution in [0.4, 0.5) is 0 Å². The molecule has 0 saturated heterocycles. The van der Waals surface area contributed by atoms with E-state index in [9.17, 15) is 0 Å². The van der Waals surface area contributed by atoms with E-state index in [1.807, 2.05) is 0 Å². The summed E-state index contributed by atoms with van der Waals surface area (Å²) in [7, 11) is 6.87. The largest absolute Gasteiger partial charge is 0.0653 e. The van der Waals surface area contributed by atoms with E-state index in [0.717, 1.165) is 0 Å². The first kappa shape index (κ1) is 7.64. The highest BCUT2D eigenvalue weighted by atomic mass is 35.7. The van der Waals surface area contributed by atoms with Crippen LogP contribution >= 0.6 is 21.7 Å². The van der Waals surface area contributed by atoms with Crippen molar-refractivity contribution in [2.24, 2.45) is 0 Å². The molecule has 0 radical (unpaired) electrons. The molecule has 0 amide bonds. The van der Waals surface area contributed by atoms with Gasteiger partial charge in [0.2, 0.25) is 0 Å². The molecule has 0 aliphatic heterocycles. The van der Waals surface area contributed by atoms with Gasteiger partial charge in [-0.3, -0.25) is 0 Å². The van der Waals surface area contributed by atoms with Crippen molar-refractivity contribution < 1.29 is 0 Å². The first-order chi connectivity index (χ1) is 3.31. The van der Waals surface area contributed by atoms with Crippen molar-refractivity contribution >= 4 is 21.7 Å². The Labute approximate surface area is 54.1 Å². The molecule has 0 rings (SSSR count). The van der Waals surface area contributed by atoms with Gasteiger partial charge >= 0.3 is 0 Å². The number of halogens is 1. The van der Waals surface area contributed by atoms with Crippen molar-refractivity contribution in [2.75, 3.05) is 0 Å². The van der Waals surface area contributed by atoms with Gasteiger partial charge in [-0.05, 0) is 17.1 Å². The second-order valence-electron chi connectivity index (χ2n) is 1.69. The molecule has 44 valence electrons. The second kappa shape index (κ2) is 4.79. The molecule has 0 N–H and O–H groups in total. The predicted molar refractivity (Wildman–Crippen MR) is 37.8 cm³/mol. The van der Waals surface area contributed by atoms with E-state index < -0.39 is 0 Å². The molecular weight excluding hydrogens is 128 g/mol. The Balaban J connectivity index is 2.83. The maximum Gasteiger partial charge on any atom is 0.0171 e. The average molecular weight is 139 g/mol. The van der Waals surface area contributed by atoms with Crippen molar-refractivity contribution in [2.45, 2.75) is 31.9 Å². The van der Waals surface area contributed by atoms with E-state index in [4.69, 9.17) is 10.7 Å². The number of hydrogen-bond acceptors (Lipinski definition) is 1. The third-order valence-electron chi connectivity index (χ3n) is 0.847. The van der Waals surface area contributed by atoms with Crippen LogP contribution in [-0.4, -0.2) is 5.25 Å². The fraction of sp³-hybridized carbons (Fsp3) is 1.00. The summed E-state index contributed by atoms with van der Waals surface area (Å²) in [6, 6.07) is 0.